The lowest BCUT2D eigenvalue weighted by molar-refractivity contribution is 1.05. The molecular formula is C13H13N5. The number of nitrogens with zero attached hydrogens (tertiary/aromatic N) is 4. The molecule has 0 aliphatic carbocycles. The molecule has 0 atom stereocenters. The van der Waals surface area contributed by atoms with Crippen molar-refractivity contribution < 1.29 is 0 Å². The van der Waals surface area contributed by atoms with Crippen LogP contribution in [-0.4, -0.2) is 27.6 Å². The van der Waals surface area contributed by atoms with Crippen LogP contribution >= 0.6 is 0 Å². The summed E-state index contributed by atoms with van der Waals surface area (Å²) in [7, 11) is 0. The average Bonchev–Trinajstić information content (AvgIpc) is 2.98. The van der Waals surface area contributed by atoms with E-state index in [4.69, 9.17) is 0 Å². The minimum Gasteiger partial charge on any atom is -0.341 e. The largest absolute Gasteiger partial charge is 0.341 e. The van der Waals surface area contributed by atoms with Crippen LogP contribution in [0.2, 0.25) is 0 Å². The molecule has 2 aliphatic heterocycles. The summed E-state index contributed by atoms with van der Waals surface area (Å²) in [4.78, 5) is 20.6. The van der Waals surface area contributed by atoms with E-state index < -0.39 is 0 Å². The number of aryl methyl sites for hydroxylation is 1. The van der Waals surface area contributed by atoms with Crippen molar-refractivity contribution in [3.05, 3.63) is 41.4 Å². The van der Waals surface area contributed by atoms with Crippen molar-refractivity contribution in [2.45, 2.75) is 20.3 Å². The van der Waals surface area contributed by atoms with Crippen LogP contribution in [0.15, 0.2) is 44.8 Å². The second-order valence-corrected chi connectivity index (χ2v) is 4.30. The maximum absolute atomic E-state index is 4.58. The van der Waals surface area contributed by atoms with Gasteiger partial charge in [-0.15, -0.1) is 0 Å². The fraction of sp³-hybridized carbons (Fsp3) is 0.231. The molecule has 1 aromatic rings. The first-order chi connectivity index (χ1) is 8.72. The highest BCUT2D eigenvalue weighted by Crippen LogP contribution is 2.21. The predicted octanol–water partition coefficient (Wildman–Crippen LogP) is 2.18. The number of aliphatic imine (C=N–C) groups is 3. The first-order valence-electron chi connectivity index (χ1n) is 5.82. The van der Waals surface area contributed by atoms with E-state index in [0.717, 1.165) is 35.1 Å². The highest BCUT2D eigenvalue weighted by molar-refractivity contribution is 6.31. The third-order valence-corrected chi connectivity index (χ3v) is 2.70. The number of imidazole rings is 1. The molecule has 18 heavy (non-hydrogen) atoms. The molecule has 5 heteroatoms. The van der Waals surface area contributed by atoms with Crippen LogP contribution in [0.25, 0.3) is 0 Å². The molecule has 0 saturated heterocycles. The minimum absolute atomic E-state index is 0.706. The summed E-state index contributed by atoms with van der Waals surface area (Å²) in [5, 5.41) is 0. The van der Waals surface area contributed by atoms with Crippen molar-refractivity contribution in [3.63, 3.8) is 0 Å². The van der Waals surface area contributed by atoms with Crippen molar-refractivity contribution in [1.29, 1.82) is 0 Å². The zero-order chi connectivity index (χ0) is 12.5. The van der Waals surface area contributed by atoms with Gasteiger partial charge in [0.2, 0.25) is 0 Å². The summed E-state index contributed by atoms with van der Waals surface area (Å²) in [6, 6.07) is 0. The molecular weight excluding hydrogens is 226 g/mol. The first-order valence-corrected chi connectivity index (χ1v) is 5.82. The topological polar surface area (TPSA) is 65.8 Å². The summed E-state index contributed by atoms with van der Waals surface area (Å²) in [5.41, 5.74) is 3.65. The van der Waals surface area contributed by atoms with Crippen LogP contribution in [0.5, 0.6) is 0 Å². The van der Waals surface area contributed by atoms with Gasteiger partial charge in [-0.05, 0) is 19.9 Å². The van der Waals surface area contributed by atoms with E-state index in [-0.39, 0.29) is 0 Å². The Morgan fingerprint density at radius 2 is 2.11 bits per heavy atom. The Bertz CT molecular complexity index is 640. The summed E-state index contributed by atoms with van der Waals surface area (Å²) in [6.45, 7) is 3.90. The zero-order valence-electron chi connectivity index (χ0n) is 10.3. The van der Waals surface area contributed by atoms with E-state index in [1.165, 1.54) is 0 Å². The van der Waals surface area contributed by atoms with Crippen LogP contribution in [0.4, 0.5) is 0 Å². The summed E-state index contributed by atoms with van der Waals surface area (Å²) in [5.74, 6) is 1.49. The number of aromatic amines is 1. The van der Waals surface area contributed by atoms with Crippen molar-refractivity contribution in [1.82, 2.24) is 9.97 Å². The third kappa shape index (κ3) is 1.95. The van der Waals surface area contributed by atoms with Crippen molar-refractivity contribution >= 4 is 17.6 Å². The number of H-pyrrole nitrogens is 1. The van der Waals surface area contributed by atoms with Crippen LogP contribution in [0.1, 0.15) is 24.9 Å². The summed E-state index contributed by atoms with van der Waals surface area (Å²) in [6.07, 6.45) is 8.33. The molecule has 1 N–H and O–H groups in total. The molecule has 3 heterocycles. The van der Waals surface area contributed by atoms with Crippen LogP contribution < -0.4 is 0 Å². The van der Waals surface area contributed by atoms with Gasteiger partial charge >= 0.3 is 0 Å². The van der Waals surface area contributed by atoms with Gasteiger partial charge in [0.25, 0.3) is 0 Å². The molecule has 0 bridgehead atoms. The zero-order valence-corrected chi connectivity index (χ0v) is 10.3. The maximum Gasteiger partial charge on any atom is 0.174 e. The number of rotatable bonds is 1. The van der Waals surface area contributed by atoms with E-state index in [1.807, 2.05) is 19.9 Å². The molecule has 3 rings (SSSR count). The van der Waals surface area contributed by atoms with Gasteiger partial charge in [0.05, 0.1) is 17.6 Å². The van der Waals surface area contributed by atoms with E-state index in [0.29, 0.717) is 5.82 Å². The Morgan fingerprint density at radius 1 is 1.22 bits per heavy atom. The normalized spacial score (nSPS) is 22.3. The molecule has 2 aliphatic rings. The Hall–Kier alpha value is -2.30. The number of hydrogen-bond acceptors (Lipinski definition) is 4. The Kier molecular flexibility index (Phi) is 2.51. The van der Waals surface area contributed by atoms with Gasteiger partial charge in [-0.3, -0.25) is 0 Å². The molecule has 1 aromatic heterocycles. The molecule has 0 spiro atoms. The Labute approximate surface area is 105 Å². The Balaban J connectivity index is 2.00. The lowest BCUT2D eigenvalue weighted by atomic mass is 10.2. The molecule has 0 saturated carbocycles. The van der Waals surface area contributed by atoms with Gasteiger partial charge in [0, 0.05) is 18.3 Å². The summed E-state index contributed by atoms with van der Waals surface area (Å²) >= 11 is 0. The van der Waals surface area contributed by atoms with E-state index >= 15 is 0 Å². The predicted molar refractivity (Wildman–Crippen MR) is 72.2 cm³/mol. The standard InChI is InChI=1S/C13H13N5/c1-8-6-14-12(16-8)10-4-3-5-11(18-10)13-15-7-9(2)17-13/h3-4,6-7H,5H2,1-2H3,(H,14,16). The molecule has 0 amide bonds. The number of aromatic nitrogens is 2. The van der Waals surface area contributed by atoms with Crippen LogP contribution in [0, 0.1) is 6.92 Å². The lowest BCUT2D eigenvalue weighted by Crippen LogP contribution is -2.04. The van der Waals surface area contributed by atoms with Gasteiger partial charge in [-0.2, -0.15) is 0 Å². The van der Waals surface area contributed by atoms with Gasteiger partial charge in [-0.25, -0.2) is 20.0 Å². The van der Waals surface area contributed by atoms with Crippen molar-refractivity contribution in [2.75, 3.05) is 0 Å². The van der Waals surface area contributed by atoms with Crippen molar-refractivity contribution in [2.24, 2.45) is 15.0 Å². The number of nitrogens with one attached hydrogen (secondary N) is 1. The lowest BCUT2D eigenvalue weighted by Gasteiger charge is -2.07. The maximum atomic E-state index is 4.58. The van der Waals surface area contributed by atoms with Gasteiger partial charge in [-0.1, -0.05) is 6.08 Å². The monoisotopic (exact) mass is 239 g/mol. The Morgan fingerprint density at radius 3 is 2.78 bits per heavy atom. The molecule has 5 nitrogen and oxygen atoms in total. The highest BCUT2D eigenvalue weighted by Gasteiger charge is 2.14. The molecule has 0 unspecified atom stereocenters. The first kappa shape index (κ1) is 10.8. The molecule has 0 fully saturated rings. The fourth-order valence-corrected chi connectivity index (χ4v) is 1.84. The van der Waals surface area contributed by atoms with Crippen molar-refractivity contribution in [3.8, 4) is 0 Å². The average molecular weight is 239 g/mol. The molecule has 0 aromatic carbocycles. The van der Waals surface area contributed by atoms with Crippen LogP contribution in [-0.2, 0) is 0 Å². The quantitative estimate of drug-likeness (QED) is 0.802. The molecule has 90 valence electrons. The fourth-order valence-electron chi connectivity index (χ4n) is 1.84. The minimum atomic E-state index is 0.706. The molecule has 0 radical (unpaired) electrons. The van der Waals surface area contributed by atoms with E-state index in [1.54, 1.807) is 12.4 Å². The van der Waals surface area contributed by atoms with Gasteiger partial charge < -0.3 is 4.98 Å². The number of hydrogen-bond donors (Lipinski definition) is 1. The second-order valence-electron chi connectivity index (χ2n) is 4.30. The van der Waals surface area contributed by atoms with Crippen LogP contribution in [0.3, 0.4) is 0 Å². The highest BCUT2D eigenvalue weighted by atomic mass is 15.0. The van der Waals surface area contributed by atoms with E-state index in [9.17, 15) is 0 Å². The SMILES string of the molecule is CC1=NC(=C2CC=CC(c3ncc(C)[nH]3)=N2)N=C1. The number of allylic oxidation sites excluding steroid dienone is 2. The third-order valence-electron chi connectivity index (χ3n) is 2.70. The van der Waals surface area contributed by atoms with Gasteiger partial charge in [0.15, 0.2) is 11.6 Å². The second kappa shape index (κ2) is 4.18. The van der Waals surface area contributed by atoms with Gasteiger partial charge in [0.1, 0.15) is 5.71 Å². The smallest absolute Gasteiger partial charge is 0.174 e. The summed E-state index contributed by atoms with van der Waals surface area (Å²) < 4.78 is 0. The van der Waals surface area contributed by atoms with E-state index in [2.05, 4.69) is 31.0 Å². The number of dihydropyridines is 1.